The molecule has 3 aromatic rings. The first kappa shape index (κ1) is 23.2. The molecule has 0 fully saturated rings. The van der Waals surface area contributed by atoms with Crippen molar-refractivity contribution in [2.24, 2.45) is 10.9 Å². The van der Waals surface area contributed by atoms with Crippen molar-refractivity contribution in [2.45, 2.75) is 33.7 Å². The van der Waals surface area contributed by atoms with Crippen LogP contribution in [-0.2, 0) is 9.53 Å². The fourth-order valence-corrected chi connectivity index (χ4v) is 5.47. The Labute approximate surface area is 200 Å². The Hall–Kier alpha value is -2.97. The molecule has 1 aliphatic rings. The van der Waals surface area contributed by atoms with Crippen molar-refractivity contribution >= 4 is 34.7 Å². The second-order valence-electron chi connectivity index (χ2n) is 8.09. The van der Waals surface area contributed by atoms with Crippen molar-refractivity contribution < 1.29 is 14.3 Å². The Kier molecular flexibility index (Phi) is 6.95. The van der Waals surface area contributed by atoms with Crippen molar-refractivity contribution in [1.82, 2.24) is 4.57 Å². The molecule has 1 atom stereocenters. The number of thiophene rings is 1. The van der Waals surface area contributed by atoms with E-state index in [4.69, 9.17) is 9.47 Å². The molecule has 0 spiro atoms. The van der Waals surface area contributed by atoms with Crippen LogP contribution in [0.15, 0.2) is 62.8 Å². The van der Waals surface area contributed by atoms with Crippen LogP contribution < -0.4 is 19.6 Å². The van der Waals surface area contributed by atoms with Gasteiger partial charge in [-0.05, 0) is 55.0 Å². The van der Waals surface area contributed by atoms with E-state index in [2.05, 4.69) is 4.99 Å². The predicted octanol–water partition coefficient (Wildman–Crippen LogP) is 3.89. The van der Waals surface area contributed by atoms with E-state index >= 15 is 0 Å². The highest BCUT2D eigenvalue weighted by Crippen LogP contribution is 2.33. The Morgan fingerprint density at radius 3 is 2.64 bits per heavy atom. The third-order valence-electron chi connectivity index (χ3n) is 5.09. The first-order valence-electron chi connectivity index (χ1n) is 10.8. The number of fused-ring (bicyclic) bond motifs is 1. The molecule has 0 aliphatic carbocycles. The zero-order chi connectivity index (χ0) is 23.5. The maximum atomic E-state index is 13.5. The lowest BCUT2D eigenvalue weighted by Gasteiger charge is -2.23. The van der Waals surface area contributed by atoms with Gasteiger partial charge in [0.15, 0.2) is 4.80 Å². The van der Waals surface area contributed by atoms with Crippen LogP contribution in [0.5, 0.6) is 5.75 Å². The van der Waals surface area contributed by atoms with Crippen molar-refractivity contribution in [2.75, 3.05) is 13.2 Å². The first-order chi connectivity index (χ1) is 15.9. The molecule has 0 saturated carbocycles. The SMILES string of the molecule is CCOc1ccc(/C=c2/sc3n(c2=O)[C@H](c2cccs2)C(C(=O)OCC(C)C)=C(C)N=3)cc1. The summed E-state index contributed by atoms with van der Waals surface area (Å²) < 4.78 is 13.2. The second-order valence-corrected chi connectivity index (χ2v) is 10.1. The fraction of sp³-hybridized carbons (Fsp3) is 0.320. The summed E-state index contributed by atoms with van der Waals surface area (Å²) >= 11 is 2.83. The number of esters is 1. The number of thiazole rings is 1. The molecule has 0 unspecified atom stereocenters. The number of carbonyl (C=O) groups excluding carboxylic acids is 1. The van der Waals surface area contributed by atoms with Gasteiger partial charge in [-0.15, -0.1) is 11.3 Å². The molecule has 0 radical (unpaired) electrons. The van der Waals surface area contributed by atoms with E-state index in [-0.39, 0.29) is 11.5 Å². The molecule has 4 rings (SSSR count). The Bertz CT molecular complexity index is 1350. The zero-order valence-electron chi connectivity index (χ0n) is 19.0. The average Bonchev–Trinajstić information content (AvgIpc) is 3.41. The summed E-state index contributed by atoms with van der Waals surface area (Å²) in [6.07, 6.45) is 1.85. The molecular formula is C25H26N2O4S2. The highest BCUT2D eigenvalue weighted by Gasteiger charge is 2.34. The van der Waals surface area contributed by atoms with E-state index in [1.165, 1.54) is 22.7 Å². The third-order valence-corrected chi connectivity index (χ3v) is 7.00. The number of rotatable bonds is 7. The summed E-state index contributed by atoms with van der Waals surface area (Å²) in [7, 11) is 0. The maximum absolute atomic E-state index is 13.5. The molecule has 33 heavy (non-hydrogen) atoms. The summed E-state index contributed by atoms with van der Waals surface area (Å²) in [6, 6.07) is 10.9. The van der Waals surface area contributed by atoms with E-state index in [1.54, 1.807) is 11.5 Å². The molecule has 0 bridgehead atoms. The van der Waals surface area contributed by atoms with Gasteiger partial charge in [0.2, 0.25) is 0 Å². The minimum atomic E-state index is -0.552. The molecule has 1 aliphatic heterocycles. The van der Waals surface area contributed by atoms with E-state index in [1.807, 2.05) is 68.6 Å². The fourth-order valence-electron chi connectivity index (χ4n) is 3.60. The largest absolute Gasteiger partial charge is 0.494 e. The van der Waals surface area contributed by atoms with Crippen molar-refractivity contribution in [3.63, 3.8) is 0 Å². The number of hydrogen-bond donors (Lipinski definition) is 0. The van der Waals surface area contributed by atoms with E-state index in [9.17, 15) is 9.59 Å². The zero-order valence-corrected chi connectivity index (χ0v) is 20.7. The smallest absolute Gasteiger partial charge is 0.338 e. The Morgan fingerprint density at radius 2 is 2.00 bits per heavy atom. The van der Waals surface area contributed by atoms with Gasteiger partial charge in [-0.25, -0.2) is 9.79 Å². The van der Waals surface area contributed by atoms with Crippen molar-refractivity contribution in [3.8, 4) is 5.75 Å². The standard InChI is InChI=1S/C25H26N2O4S2/c1-5-30-18-10-8-17(9-11-18)13-20-23(28)27-22(19-7-6-12-32-19)21(16(4)26-25(27)33-20)24(29)31-14-15(2)3/h6-13,15,22H,5,14H2,1-4H3/b20-13+/t22-/m1/s1. The van der Waals surface area contributed by atoms with Gasteiger partial charge in [-0.3, -0.25) is 9.36 Å². The minimum Gasteiger partial charge on any atom is -0.494 e. The van der Waals surface area contributed by atoms with Gasteiger partial charge in [-0.2, -0.15) is 0 Å². The number of aromatic nitrogens is 1. The summed E-state index contributed by atoms with van der Waals surface area (Å²) in [5, 5.41) is 1.94. The number of allylic oxidation sites excluding steroid dienone is 1. The van der Waals surface area contributed by atoms with E-state index in [0.717, 1.165) is 16.2 Å². The molecular weight excluding hydrogens is 456 g/mol. The average molecular weight is 483 g/mol. The van der Waals surface area contributed by atoms with E-state index in [0.29, 0.717) is 33.8 Å². The summed E-state index contributed by atoms with van der Waals surface area (Å²) in [5.41, 5.74) is 1.71. The normalized spacial score (nSPS) is 16.0. The first-order valence-corrected chi connectivity index (χ1v) is 12.5. The minimum absolute atomic E-state index is 0.173. The monoisotopic (exact) mass is 482 g/mol. The molecule has 1 aromatic carbocycles. The van der Waals surface area contributed by atoms with Gasteiger partial charge in [0.1, 0.15) is 11.8 Å². The van der Waals surface area contributed by atoms with Crippen LogP contribution in [0.25, 0.3) is 6.08 Å². The molecule has 0 saturated heterocycles. The van der Waals surface area contributed by atoms with Crippen LogP contribution in [0.4, 0.5) is 0 Å². The summed E-state index contributed by atoms with van der Waals surface area (Å²) in [4.78, 5) is 32.7. The molecule has 2 aromatic heterocycles. The summed E-state index contributed by atoms with van der Waals surface area (Å²) in [5.74, 6) is 0.573. The van der Waals surface area contributed by atoms with Gasteiger partial charge in [-0.1, -0.05) is 43.4 Å². The van der Waals surface area contributed by atoms with Crippen LogP contribution in [0.1, 0.15) is 44.2 Å². The number of carbonyl (C=O) groups is 1. The molecule has 3 heterocycles. The lowest BCUT2D eigenvalue weighted by Crippen LogP contribution is -2.39. The Morgan fingerprint density at radius 1 is 1.24 bits per heavy atom. The van der Waals surface area contributed by atoms with Crippen LogP contribution in [0.3, 0.4) is 0 Å². The topological polar surface area (TPSA) is 69.9 Å². The number of hydrogen-bond acceptors (Lipinski definition) is 7. The molecule has 0 amide bonds. The van der Waals surface area contributed by atoms with Crippen molar-refractivity contribution in [3.05, 3.63) is 83.2 Å². The highest BCUT2D eigenvalue weighted by molar-refractivity contribution is 7.10. The molecule has 0 N–H and O–H groups in total. The Balaban J connectivity index is 1.81. The van der Waals surface area contributed by atoms with Gasteiger partial charge >= 0.3 is 5.97 Å². The van der Waals surface area contributed by atoms with Gasteiger partial charge in [0.25, 0.3) is 5.56 Å². The molecule has 6 nitrogen and oxygen atoms in total. The third kappa shape index (κ3) is 4.86. The van der Waals surface area contributed by atoms with Crippen LogP contribution in [-0.4, -0.2) is 23.8 Å². The number of nitrogens with zero attached hydrogens (tertiary/aromatic N) is 2. The highest BCUT2D eigenvalue weighted by atomic mass is 32.1. The maximum Gasteiger partial charge on any atom is 0.338 e. The van der Waals surface area contributed by atoms with Gasteiger partial charge < -0.3 is 9.47 Å². The van der Waals surface area contributed by atoms with Crippen LogP contribution >= 0.6 is 22.7 Å². The van der Waals surface area contributed by atoms with Gasteiger partial charge in [0, 0.05) is 4.88 Å². The van der Waals surface area contributed by atoms with Gasteiger partial charge in [0.05, 0.1) is 29.0 Å². The quantitative estimate of drug-likeness (QED) is 0.479. The van der Waals surface area contributed by atoms with E-state index < -0.39 is 12.0 Å². The molecule has 172 valence electrons. The predicted molar refractivity (Wildman–Crippen MR) is 131 cm³/mol. The lowest BCUT2D eigenvalue weighted by atomic mass is 10.0. The number of ether oxygens (including phenoxy) is 2. The molecule has 8 heteroatoms. The lowest BCUT2D eigenvalue weighted by molar-refractivity contribution is -0.140. The second kappa shape index (κ2) is 9.89. The summed E-state index contributed by atoms with van der Waals surface area (Å²) in [6.45, 7) is 8.63. The number of benzene rings is 1. The van der Waals surface area contributed by atoms with Crippen LogP contribution in [0.2, 0.25) is 0 Å². The van der Waals surface area contributed by atoms with Crippen molar-refractivity contribution in [1.29, 1.82) is 0 Å². The van der Waals surface area contributed by atoms with Crippen LogP contribution in [0, 0.1) is 5.92 Å².